The number of carbonyl (C=O) groups excluding carboxylic acids is 2. The zero-order valence-electron chi connectivity index (χ0n) is 8.80. The molecular weight excluding hydrogens is 332 g/mol. The molecule has 5 nitrogen and oxygen atoms in total. The smallest absolute Gasteiger partial charge is 0.320 e. The van der Waals surface area contributed by atoms with Gasteiger partial charge in [-0.05, 0) is 27.4 Å². The van der Waals surface area contributed by atoms with Crippen LogP contribution in [-0.4, -0.2) is 38.8 Å². The largest absolute Gasteiger partial charge is 0.468 e. The maximum absolute atomic E-state index is 11.7. The van der Waals surface area contributed by atoms with Crippen LogP contribution in [0.5, 0.6) is 0 Å². The predicted molar refractivity (Wildman–Crippen MR) is 67.0 cm³/mol. The summed E-state index contributed by atoms with van der Waals surface area (Å²) >= 11 is 4.29. The van der Waals surface area contributed by atoms with E-state index in [4.69, 9.17) is 0 Å². The maximum Gasteiger partial charge on any atom is 0.320 e. The lowest BCUT2D eigenvalue weighted by molar-refractivity contribution is -0.137. The number of Topliss-reactive ketones (excluding diaryl/α,β-unsaturated/α-hetero) is 1. The first-order chi connectivity index (χ1) is 7.85. The molecule has 94 valence electrons. The molecule has 0 aliphatic rings. The lowest BCUT2D eigenvalue weighted by atomic mass is 10.3. The Morgan fingerprint density at radius 2 is 2.06 bits per heavy atom. The van der Waals surface area contributed by atoms with Crippen LogP contribution in [0, 0.1) is 0 Å². The number of ether oxygens (including phenoxy) is 1. The van der Waals surface area contributed by atoms with E-state index >= 15 is 0 Å². The van der Waals surface area contributed by atoms with Crippen LogP contribution in [0.15, 0.2) is 15.9 Å². The molecule has 0 atom stereocenters. The third-order valence-electron chi connectivity index (χ3n) is 1.79. The summed E-state index contributed by atoms with van der Waals surface area (Å²) in [6.07, 6.45) is 0. The number of hydrogen-bond donors (Lipinski definition) is 0. The highest BCUT2D eigenvalue weighted by atomic mass is 79.9. The number of sulfone groups is 1. The minimum atomic E-state index is -3.77. The molecule has 17 heavy (non-hydrogen) atoms. The van der Waals surface area contributed by atoms with E-state index in [0.717, 1.165) is 18.4 Å². The molecule has 1 rings (SSSR count). The molecule has 8 heteroatoms. The van der Waals surface area contributed by atoms with Gasteiger partial charge in [0.1, 0.15) is 11.5 Å². The standard InChI is InChI=1S/C9H9BrO5S2/c1-15-8(12)5-17(13,14)4-7(11)9-6(10)2-3-16-9/h2-3H,4-5H2,1H3. The molecule has 0 bridgehead atoms. The van der Waals surface area contributed by atoms with Crippen LogP contribution in [0.2, 0.25) is 0 Å². The molecule has 1 aromatic heterocycles. The fourth-order valence-corrected chi connectivity index (χ4v) is 3.79. The number of rotatable bonds is 5. The number of esters is 1. The van der Waals surface area contributed by atoms with E-state index in [1.807, 2.05) is 0 Å². The molecule has 0 fully saturated rings. The van der Waals surface area contributed by atoms with Crippen LogP contribution >= 0.6 is 27.3 Å². The molecular formula is C9H9BrO5S2. The van der Waals surface area contributed by atoms with Crippen molar-refractivity contribution in [2.45, 2.75) is 0 Å². The highest BCUT2D eigenvalue weighted by Crippen LogP contribution is 2.23. The van der Waals surface area contributed by atoms with Crippen molar-refractivity contribution in [2.24, 2.45) is 0 Å². The van der Waals surface area contributed by atoms with Gasteiger partial charge in [-0.25, -0.2) is 8.42 Å². The molecule has 1 heterocycles. The highest BCUT2D eigenvalue weighted by Gasteiger charge is 2.23. The van der Waals surface area contributed by atoms with Gasteiger partial charge < -0.3 is 4.74 Å². The summed E-state index contributed by atoms with van der Waals surface area (Å²) in [5.74, 6) is -2.88. The van der Waals surface area contributed by atoms with Crippen molar-refractivity contribution in [2.75, 3.05) is 18.6 Å². The second kappa shape index (κ2) is 5.74. The average Bonchev–Trinajstić information content (AvgIpc) is 2.62. The Morgan fingerprint density at radius 1 is 1.41 bits per heavy atom. The molecule has 0 saturated heterocycles. The molecule has 0 N–H and O–H groups in total. The fraction of sp³-hybridized carbons (Fsp3) is 0.333. The maximum atomic E-state index is 11.7. The fourth-order valence-electron chi connectivity index (χ4n) is 1.05. The molecule has 1 aromatic rings. The molecule has 0 amide bonds. The van der Waals surface area contributed by atoms with Crippen molar-refractivity contribution in [3.63, 3.8) is 0 Å². The lowest BCUT2D eigenvalue weighted by Gasteiger charge is -2.01. The van der Waals surface area contributed by atoms with Crippen LogP contribution in [-0.2, 0) is 19.4 Å². The summed E-state index contributed by atoms with van der Waals surface area (Å²) in [6, 6.07) is 1.66. The Bertz CT molecular complexity index is 531. The topological polar surface area (TPSA) is 77.5 Å². The molecule has 0 spiro atoms. The number of ketones is 1. The van der Waals surface area contributed by atoms with E-state index in [-0.39, 0.29) is 0 Å². The molecule has 0 unspecified atom stereocenters. The Labute approximate surface area is 111 Å². The van der Waals surface area contributed by atoms with Gasteiger partial charge in [0.05, 0.1) is 12.0 Å². The molecule has 0 aliphatic heterocycles. The van der Waals surface area contributed by atoms with E-state index in [2.05, 4.69) is 20.7 Å². The average molecular weight is 341 g/mol. The van der Waals surface area contributed by atoms with Crippen LogP contribution in [0.4, 0.5) is 0 Å². The van der Waals surface area contributed by atoms with Gasteiger partial charge in [-0.1, -0.05) is 0 Å². The number of methoxy groups -OCH3 is 1. The van der Waals surface area contributed by atoms with Crippen LogP contribution in [0.1, 0.15) is 9.67 Å². The first-order valence-corrected chi connectivity index (χ1v) is 7.88. The Morgan fingerprint density at radius 3 is 2.53 bits per heavy atom. The van der Waals surface area contributed by atoms with Crippen LogP contribution < -0.4 is 0 Å². The van der Waals surface area contributed by atoms with Gasteiger partial charge in [0.2, 0.25) is 0 Å². The van der Waals surface area contributed by atoms with Gasteiger partial charge in [-0.2, -0.15) is 0 Å². The summed E-state index contributed by atoms with van der Waals surface area (Å²) in [6.45, 7) is 0. The van der Waals surface area contributed by atoms with Gasteiger partial charge in [-0.3, -0.25) is 9.59 Å². The quantitative estimate of drug-likeness (QED) is 0.596. The zero-order chi connectivity index (χ0) is 13.1. The first kappa shape index (κ1) is 14.3. The third-order valence-corrected chi connectivity index (χ3v) is 5.04. The summed E-state index contributed by atoms with van der Waals surface area (Å²) in [5, 5.41) is 1.67. The minimum absolute atomic E-state index is 0.332. The first-order valence-electron chi connectivity index (χ1n) is 4.39. The zero-order valence-corrected chi connectivity index (χ0v) is 12.0. The normalized spacial score (nSPS) is 11.2. The van der Waals surface area contributed by atoms with Crippen LogP contribution in [0.25, 0.3) is 0 Å². The van der Waals surface area contributed by atoms with Crippen molar-refractivity contribution >= 4 is 48.9 Å². The summed E-state index contributed by atoms with van der Waals surface area (Å²) in [4.78, 5) is 22.8. The molecule has 0 aromatic carbocycles. The second-order valence-electron chi connectivity index (χ2n) is 3.13. The van der Waals surface area contributed by atoms with E-state index in [1.54, 1.807) is 11.4 Å². The van der Waals surface area contributed by atoms with Crippen molar-refractivity contribution < 1.29 is 22.7 Å². The summed E-state index contributed by atoms with van der Waals surface area (Å²) in [7, 11) is -2.68. The summed E-state index contributed by atoms with van der Waals surface area (Å²) < 4.78 is 27.8. The van der Waals surface area contributed by atoms with Gasteiger partial charge >= 0.3 is 5.97 Å². The number of carbonyl (C=O) groups is 2. The monoisotopic (exact) mass is 340 g/mol. The SMILES string of the molecule is COC(=O)CS(=O)(=O)CC(=O)c1sccc1Br. The van der Waals surface area contributed by atoms with Crippen molar-refractivity contribution in [1.29, 1.82) is 0 Å². The highest BCUT2D eigenvalue weighted by molar-refractivity contribution is 9.10. The van der Waals surface area contributed by atoms with Gasteiger partial charge in [0, 0.05) is 4.47 Å². The van der Waals surface area contributed by atoms with Gasteiger partial charge in [0.25, 0.3) is 0 Å². The van der Waals surface area contributed by atoms with E-state index < -0.39 is 33.1 Å². The predicted octanol–water partition coefficient (Wildman–Crippen LogP) is 1.28. The van der Waals surface area contributed by atoms with Crippen LogP contribution in [0.3, 0.4) is 0 Å². The Kier molecular flexibility index (Phi) is 4.84. The lowest BCUT2D eigenvalue weighted by Crippen LogP contribution is -2.24. The third kappa shape index (κ3) is 4.21. The molecule has 0 aliphatic carbocycles. The van der Waals surface area contributed by atoms with E-state index in [9.17, 15) is 18.0 Å². The second-order valence-corrected chi connectivity index (χ2v) is 6.96. The van der Waals surface area contributed by atoms with Gasteiger partial charge in [0.15, 0.2) is 15.6 Å². The molecule has 0 radical (unpaired) electrons. The number of hydrogen-bond acceptors (Lipinski definition) is 6. The number of thiophene rings is 1. The van der Waals surface area contributed by atoms with Crippen molar-refractivity contribution in [3.8, 4) is 0 Å². The Hall–Kier alpha value is -0.730. The van der Waals surface area contributed by atoms with E-state index in [0.29, 0.717) is 9.35 Å². The Balaban J connectivity index is 2.76. The van der Waals surface area contributed by atoms with Gasteiger partial charge in [-0.15, -0.1) is 11.3 Å². The van der Waals surface area contributed by atoms with Crippen molar-refractivity contribution in [3.05, 3.63) is 20.8 Å². The number of halogens is 1. The van der Waals surface area contributed by atoms with E-state index in [1.165, 1.54) is 0 Å². The molecule has 0 saturated carbocycles. The summed E-state index contributed by atoms with van der Waals surface area (Å²) in [5.41, 5.74) is 0. The van der Waals surface area contributed by atoms with Crippen molar-refractivity contribution in [1.82, 2.24) is 0 Å². The minimum Gasteiger partial charge on any atom is -0.468 e.